The summed E-state index contributed by atoms with van der Waals surface area (Å²) in [7, 11) is 1.63. The summed E-state index contributed by atoms with van der Waals surface area (Å²) in [4.78, 5) is 17.4. The number of rotatable bonds is 3. The van der Waals surface area contributed by atoms with Gasteiger partial charge < -0.3 is 15.4 Å². The van der Waals surface area contributed by atoms with Crippen LogP contribution in [0.5, 0.6) is 0 Å². The third-order valence-corrected chi connectivity index (χ3v) is 3.12. The van der Waals surface area contributed by atoms with E-state index in [0.29, 0.717) is 25.6 Å². The minimum absolute atomic E-state index is 0.0134. The van der Waals surface area contributed by atoms with Gasteiger partial charge in [0.1, 0.15) is 0 Å². The highest BCUT2D eigenvalue weighted by molar-refractivity contribution is 5.95. The highest BCUT2D eigenvalue weighted by Gasteiger charge is 2.28. The predicted molar refractivity (Wildman–Crippen MR) is 64.5 cm³/mol. The van der Waals surface area contributed by atoms with Crippen molar-refractivity contribution in [3.63, 3.8) is 0 Å². The largest absolute Gasteiger partial charge is 0.384 e. The predicted octanol–water partition coefficient (Wildman–Crippen LogP) is 0.911. The first kappa shape index (κ1) is 12.8. The minimum Gasteiger partial charge on any atom is -0.384 e. The molecule has 0 radical (unpaired) electrons. The van der Waals surface area contributed by atoms with Gasteiger partial charge in [-0.2, -0.15) is 0 Å². The number of nitrogens with zero attached hydrogens (tertiary/aromatic N) is 2. The van der Waals surface area contributed by atoms with Crippen LogP contribution in [0.1, 0.15) is 16.8 Å². The highest BCUT2D eigenvalue weighted by atomic mass is 19.1. The van der Waals surface area contributed by atoms with E-state index in [1.807, 2.05) is 0 Å². The van der Waals surface area contributed by atoms with Gasteiger partial charge in [-0.25, -0.2) is 9.37 Å². The molecular formula is C12H16FN3O2. The molecule has 98 valence electrons. The summed E-state index contributed by atoms with van der Waals surface area (Å²) in [5, 5.41) is 0. The van der Waals surface area contributed by atoms with Crippen LogP contribution in [0.2, 0.25) is 0 Å². The average molecular weight is 253 g/mol. The Hall–Kier alpha value is -1.69. The summed E-state index contributed by atoms with van der Waals surface area (Å²) in [6.07, 6.45) is 2.22. The second kappa shape index (κ2) is 5.30. The summed E-state index contributed by atoms with van der Waals surface area (Å²) < 4.78 is 18.8. The number of anilines is 1. The quantitative estimate of drug-likeness (QED) is 0.869. The lowest BCUT2D eigenvalue weighted by molar-refractivity contribution is 0.0771. The summed E-state index contributed by atoms with van der Waals surface area (Å²) in [6, 6.07) is 1.36. The zero-order valence-corrected chi connectivity index (χ0v) is 10.2. The maximum absolute atomic E-state index is 13.7. The van der Waals surface area contributed by atoms with Crippen molar-refractivity contribution in [1.82, 2.24) is 9.88 Å². The van der Waals surface area contributed by atoms with Gasteiger partial charge in [0.05, 0.1) is 12.2 Å². The third-order valence-electron chi connectivity index (χ3n) is 3.12. The number of aromatic nitrogens is 1. The van der Waals surface area contributed by atoms with Crippen LogP contribution in [0.25, 0.3) is 0 Å². The van der Waals surface area contributed by atoms with Gasteiger partial charge in [-0.3, -0.25) is 4.79 Å². The number of nitrogens with two attached hydrogens (primary N) is 1. The number of nitrogen functional groups attached to an aromatic ring is 1. The lowest BCUT2D eigenvalue weighted by atomic mass is 10.1. The standard InChI is InChI=1S/C12H16FN3O2/c1-18-7-8-3-5-16(6-8)12(17)9-2-4-15-11(14)10(9)13/h2,4,8H,3,5-7H2,1H3,(H2,14,15). The average Bonchev–Trinajstić information content (AvgIpc) is 2.81. The van der Waals surface area contributed by atoms with Gasteiger partial charge in [-0.15, -0.1) is 0 Å². The van der Waals surface area contributed by atoms with Gasteiger partial charge in [-0.1, -0.05) is 0 Å². The lowest BCUT2D eigenvalue weighted by Gasteiger charge is -2.17. The van der Waals surface area contributed by atoms with Crippen LogP contribution >= 0.6 is 0 Å². The van der Waals surface area contributed by atoms with Crippen molar-refractivity contribution in [2.24, 2.45) is 5.92 Å². The smallest absolute Gasteiger partial charge is 0.257 e. The molecule has 1 aromatic heterocycles. The summed E-state index contributed by atoms with van der Waals surface area (Å²) in [5.41, 5.74) is 5.34. The van der Waals surface area contributed by atoms with Crippen molar-refractivity contribution in [3.05, 3.63) is 23.6 Å². The Bertz CT molecular complexity index is 453. The van der Waals surface area contributed by atoms with Gasteiger partial charge >= 0.3 is 0 Å². The van der Waals surface area contributed by atoms with Crippen LogP contribution in [-0.4, -0.2) is 42.6 Å². The molecule has 0 bridgehead atoms. The van der Waals surface area contributed by atoms with Gasteiger partial charge in [-0.05, 0) is 12.5 Å². The van der Waals surface area contributed by atoms with Crippen molar-refractivity contribution in [3.8, 4) is 0 Å². The second-order valence-corrected chi connectivity index (χ2v) is 4.42. The summed E-state index contributed by atoms with van der Waals surface area (Å²) in [5.74, 6) is -0.993. The first-order valence-electron chi connectivity index (χ1n) is 5.81. The van der Waals surface area contributed by atoms with Crippen molar-refractivity contribution < 1.29 is 13.9 Å². The molecule has 1 atom stereocenters. The molecule has 2 rings (SSSR count). The Balaban J connectivity index is 2.11. The van der Waals surface area contributed by atoms with Crippen molar-refractivity contribution in [2.75, 3.05) is 32.5 Å². The van der Waals surface area contributed by atoms with E-state index in [1.54, 1.807) is 12.0 Å². The van der Waals surface area contributed by atoms with E-state index >= 15 is 0 Å². The first-order chi connectivity index (χ1) is 8.63. The summed E-state index contributed by atoms with van der Waals surface area (Å²) in [6.45, 7) is 1.83. The first-order valence-corrected chi connectivity index (χ1v) is 5.81. The number of carbonyl (C=O) groups is 1. The molecular weight excluding hydrogens is 237 g/mol. The topological polar surface area (TPSA) is 68.5 Å². The van der Waals surface area contributed by atoms with Crippen molar-refractivity contribution >= 4 is 11.7 Å². The number of amides is 1. The molecule has 0 spiro atoms. The molecule has 1 unspecified atom stereocenters. The fourth-order valence-electron chi connectivity index (χ4n) is 2.18. The Kier molecular flexibility index (Phi) is 3.76. The van der Waals surface area contributed by atoms with E-state index in [4.69, 9.17) is 10.5 Å². The number of hydrogen-bond donors (Lipinski definition) is 1. The third kappa shape index (κ3) is 2.43. The molecule has 0 aromatic carbocycles. The zero-order chi connectivity index (χ0) is 13.1. The Morgan fingerprint density at radius 2 is 2.50 bits per heavy atom. The van der Waals surface area contributed by atoms with Gasteiger partial charge in [0.2, 0.25) is 0 Å². The summed E-state index contributed by atoms with van der Waals surface area (Å²) >= 11 is 0. The van der Waals surface area contributed by atoms with Crippen LogP contribution < -0.4 is 5.73 Å². The van der Waals surface area contributed by atoms with Gasteiger partial charge in [0.25, 0.3) is 5.91 Å². The number of carbonyl (C=O) groups excluding carboxylic acids is 1. The van der Waals surface area contributed by atoms with E-state index in [1.165, 1.54) is 12.3 Å². The molecule has 18 heavy (non-hydrogen) atoms. The van der Waals surface area contributed by atoms with Crippen LogP contribution in [0.3, 0.4) is 0 Å². The van der Waals surface area contributed by atoms with Crippen LogP contribution in [0.15, 0.2) is 12.3 Å². The number of methoxy groups -OCH3 is 1. The molecule has 2 N–H and O–H groups in total. The van der Waals surface area contributed by atoms with E-state index < -0.39 is 5.82 Å². The monoisotopic (exact) mass is 253 g/mol. The van der Waals surface area contributed by atoms with Crippen molar-refractivity contribution in [1.29, 1.82) is 0 Å². The number of ether oxygens (including phenoxy) is 1. The Morgan fingerprint density at radius 1 is 1.72 bits per heavy atom. The number of pyridine rings is 1. The fraction of sp³-hybridized carbons (Fsp3) is 0.500. The molecule has 1 aliphatic heterocycles. The van der Waals surface area contributed by atoms with E-state index in [2.05, 4.69) is 4.98 Å². The molecule has 1 aromatic rings. The normalized spacial score (nSPS) is 19.2. The minimum atomic E-state index is -0.738. The van der Waals surface area contributed by atoms with Crippen LogP contribution in [-0.2, 0) is 4.74 Å². The van der Waals surface area contributed by atoms with E-state index in [9.17, 15) is 9.18 Å². The number of likely N-dealkylation sites (tertiary alicyclic amines) is 1. The molecule has 6 heteroatoms. The SMILES string of the molecule is COCC1CCN(C(=O)c2ccnc(N)c2F)C1. The lowest BCUT2D eigenvalue weighted by Crippen LogP contribution is -2.30. The fourth-order valence-corrected chi connectivity index (χ4v) is 2.18. The Morgan fingerprint density at radius 3 is 3.22 bits per heavy atom. The second-order valence-electron chi connectivity index (χ2n) is 4.42. The highest BCUT2D eigenvalue weighted by Crippen LogP contribution is 2.21. The van der Waals surface area contributed by atoms with Gasteiger partial charge in [0.15, 0.2) is 11.6 Å². The molecule has 1 saturated heterocycles. The molecule has 5 nitrogen and oxygen atoms in total. The van der Waals surface area contributed by atoms with Crippen LogP contribution in [0, 0.1) is 11.7 Å². The van der Waals surface area contributed by atoms with Crippen molar-refractivity contribution in [2.45, 2.75) is 6.42 Å². The molecule has 1 aliphatic rings. The Labute approximate surface area is 105 Å². The van der Waals surface area contributed by atoms with E-state index in [0.717, 1.165) is 6.42 Å². The van der Waals surface area contributed by atoms with Crippen LogP contribution in [0.4, 0.5) is 10.2 Å². The molecule has 1 fully saturated rings. The number of halogens is 1. The van der Waals surface area contributed by atoms with Gasteiger partial charge in [0, 0.05) is 32.3 Å². The molecule has 2 heterocycles. The van der Waals surface area contributed by atoms with E-state index in [-0.39, 0.29) is 17.3 Å². The zero-order valence-electron chi connectivity index (χ0n) is 10.2. The molecule has 1 amide bonds. The number of hydrogen-bond acceptors (Lipinski definition) is 4. The maximum atomic E-state index is 13.7. The molecule has 0 saturated carbocycles. The maximum Gasteiger partial charge on any atom is 0.257 e. The molecule has 0 aliphatic carbocycles.